The van der Waals surface area contributed by atoms with Gasteiger partial charge in [0.2, 0.25) is 0 Å². The van der Waals surface area contributed by atoms with E-state index in [9.17, 15) is 8.78 Å². The molecule has 0 spiro atoms. The molecule has 2 nitrogen and oxygen atoms in total. The van der Waals surface area contributed by atoms with Gasteiger partial charge in [0.1, 0.15) is 11.9 Å². The molecule has 0 radical (unpaired) electrons. The van der Waals surface area contributed by atoms with Gasteiger partial charge in [-0.3, -0.25) is 0 Å². The third kappa shape index (κ3) is 2.39. The van der Waals surface area contributed by atoms with Gasteiger partial charge in [0.05, 0.1) is 7.11 Å². The van der Waals surface area contributed by atoms with Crippen molar-refractivity contribution < 1.29 is 18.6 Å². The number of halogens is 2. The van der Waals surface area contributed by atoms with Crippen molar-refractivity contribution in [1.82, 2.24) is 0 Å². The van der Waals surface area contributed by atoms with E-state index < -0.39 is 12.5 Å². The molecule has 0 heterocycles. The summed E-state index contributed by atoms with van der Waals surface area (Å²) in [6, 6.07) is 5.88. The molecule has 0 saturated heterocycles. The lowest BCUT2D eigenvalue weighted by atomic mass is 10.1. The maximum atomic E-state index is 12.0. The molecule has 1 N–H and O–H groups in total. The van der Waals surface area contributed by atoms with Gasteiger partial charge in [0.15, 0.2) is 0 Å². The van der Waals surface area contributed by atoms with Crippen LogP contribution in [0.2, 0.25) is 0 Å². The molecule has 1 aromatic carbocycles. The number of rotatable bonds is 3. The van der Waals surface area contributed by atoms with E-state index in [0.29, 0.717) is 5.75 Å². The molecule has 1 atom stereocenters. The molecule has 13 heavy (non-hydrogen) atoms. The van der Waals surface area contributed by atoms with Crippen molar-refractivity contribution >= 4 is 0 Å². The minimum absolute atomic E-state index is 0.191. The Kier molecular flexibility index (Phi) is 3.19. The molecule has 0 aliphatic carbocycles. The van der Waals surface area contributed by atoms with E-state index in [2.05, 4.69) is 0 Å². The predicted molar refractivity (Wildman–Crippen MR) is 44.0 cm³/mol. The Morgan fingerprint density at radius 2 is 1.77 bits per heavy atom. The fourth-order valence-electron chi connectivity index (χ4n) is 0.947. The SMILES string of the molecule is COc1ccc(C(O)C(F)F)cc1. The topological polar surface area (TPSA) is 29.5 Å². The van der Waals surface area contributed by atoms with E-state index in [0.717, 1.165) is 0 Å². The van der Waals surface area contributed by atoms with E-state index in [1.807, 2.05) is 0 Å². The normalized spacial score (nSPS) is 13.0. The number of alkyl halides is 2. The molecule has 72 valence electrons. The standard InChI is InChI=1S/C9H10F2O2/c1-13-7-4-2-6(3-5-7)8(12)9(10)11/h2-5,8-9,12H,1H3. The van der Waals surface area contributed by atoms with Gasteiger partial charge >= 0.3 is 0 Å². The number of hydrogen-bond acceptors (Lipinski definition) is 2. The van der Waals surface area contributed by atoms with Crippen molar-refractivity contribution in [2.45, 2.75) is 12.5 Å². The molecule has 0 aliphatic rings. The number of hydrogen-bond donors (Lipinski definition) is 1. The van der Waals surface area contributed by atoms with Crippen LogP contribution >= 0.6 is 0 Å². The summed E-state index contributed by atoms with van der Waals surface area (Å²) in [6.45, 7) is 0. The average Bonchev–Trinajstić information content (AvgIpc) is 2.17. The van der Waals surface area contributed by atoms with E-state index in [1.165, 1.54) is 31.4 Å². The predicted octanol–water partition coefficient (Wildman–Crippen LogP) is 1.99. The summed E-state index contributed by atoms with van der Waals surface area (Å²) in [5.74, 6) is 0.574. The van der Waals surface area contributed by atoms with E-state index in [-0.39, 0.29) is 5.56 Å². The van der Waals surface area contributed by atoms with Crippen LogP contribution in [-0.2, 0) is 0 Å². The number of aliphatic hydroxyl groups excluding tert-OH is 1. The monoisotopic (exact) mass is 188 g/mol. The Morgan fingerprint density at radius 1 is 1.23 bits per heavy atom. The van der Waals surface area contributed by atoms with Gasteiger partial charge in [-0.25, -0.2) is 8.78 Å². The highest BCUT2D eigenvalue weighted by atomic mass is 19.3. The summed E-state index contributed by atoms with van der Waals surface area (Å²) in [4.78, 5) is 0. The van der Waals surface area contributed by atoms with Crippen LogP contribution in [0.15, 0.2) is 24.3 Å². The molecule has 0 fully saturated rings. The van der Waals surface area contributed by atoms with Crippen LogP contribution in [0.4, 0.5) is 8.78 Å². The van der Waals surface area contributed by atoms with Crippen molar-refractivity contribution in [3.05, 3.63) is 29.8 Å². The van der Waals surface area contributed by atoms with Gasteiger partial charge in [0, 0.05) is 0 Å². The van der Waals surface area contributed by atoms with Crippen molar-refractivity contribution in [1.29, 1.82) is 0 Å². The van der Waals surface area contributed by atoms with Crippen molar-refractivity contribution in [3.8, 4) is 5.75 Å². The van der Waals surface area contributed by atoms with Gasteiger partial charge < -0.3 is 9.84 Å². The van der Waals surface area contributed by atoms with Crippen molar-refractivity contribution in [3.63, 3.8) is 0 Å². The van der Waals surface area contributed by atoms with Gasteiger partial charge in [-0.15, -0.1) is 0 Å². The van der Waals surface area contributed by atoms with Gasteiger partial charge in [-0.05, 0) is 17.7 Å². The summed E-state index contributed by atoms with van der Waals surface area (Å²) in [5, 5.41) is 8.97. The third-order valence-corrected chi connectivity index (χ3v) is 1.70. The summed E-state index contributed by atoms with van der Waals surface area (Å²) in [6.07, 6.45) is -4.47. The van der Waals surface area contributed by atoms with Crippen LogP contribution < -0.4 is 4.74 Å². The Labute approximate surface area is 74.8 Å². The Morgan fingerprint density at radius 3 is 2.15 bits per heavy atom. The van der Waals surface area contributed by atoms with Crippen LogP contribution in [0.25, 0.3) is 0 Å². The zero-order chi connectivity index (χ0) is 9.84. The molecular weight excluding hydrogens is 178 g/mol. The molecule has 4 heteroatoms. The lowest BCUT2D eigenvalue weighted by Crippen LogP contribution is -2.07. The fraction of sp³-hybridized carbons (Fsp3) is 0.333. The molecule has 1 aromatic rings. The fourth-order valence-corrected chi connectivity index (χ4v) is 0.947. The highest BCUT2D eigenvalue weighted by Crippen LogP contribution is 2.22. The Balaban J connectivity index is 2.79. The molecule has 1 rings (SSSR count). The first-order valence-electron chi connectivity index (χ1n) is 3.75. The quantitative estimate of drug-likeness (QED) is 0.786. The number of ether oxygens (including phenoxy) is 1. The number of methoxy groups -OCH3 is 1. The largest absolute Gasteiger partial charge is 0.497 e. The van der Waals surface area contributed by atoms with Gasteiger partial charge in [-0.2, -0.15) is 0 Å². The smallest absolute Gasteiger partial charge is 0.268 e. The van der Waals surface area contributed by atoms with Gasteiger partial charge in [-0.1, -0.05) is 12.1 Å². The Hall–Kier alpha value is -1.16. The highest BCUT2D eigenvalue weighted by molar-refractivity contribution is 5.28. The minimum atomic E-state index is -2.76. The molecule has 1 unspecified atom stereocenters. The van der Waals surface area contributed by atoms with Crippen LogP contribution in [0, 0.1) is 0 Å². The summed E-state index contributed by atoms with van der Waals surface area (Å²) in [5.41, 5.74) is 0.191. The third-order valence-electron chi connectivity index (χ3n) is 1.70. The zero-order valence-electron chi connectivity index (χ0n) is 7.08. The van der Waals surface area contributed by atoms with Crippen LogP contribution in [0.1, 0.15) is 11.7 Å². The molecule has 0 aliphatic heterocycles. The first-order valence-corrected chi connectivity index (χ1v) is 3.75. The molecule has 0 aromatic heterocycles. The molecule has 0 saturated carbocycles. The second-order valence-corrected chi connectivity index (χ2v) is 2.55. The summed E-state index contributed by atoms with van der Waals surface area (Å²) in [7, 11) is 1.48. The van der Waals surface area contributed by atoms with Crippen LogP contribution in [-0.4, -0.2) is 18.6 Å². The van der Waals surface area contributed by atoms with Crippen LogP contribution in [0.5, 0.6) is 5.75 Å². The summed E-state index contributed by atoms with van der Waals surface area (Å²) < 4.78 is 28.9. The van der Waals surface area contributed by atoms with E-state index in [4.69, 9.17) is 9.84 Å². The molecule has 0 bridgehead atoms. The second kappa shape index (κ2) is 4.18. The first-order chi connectivity index (χ1) is 6.15. The average molecular weight is 188 g/mol. The minimum Gasteiger partial charge on any atom is -0.497 e. The molecular formula is C9H10F2O2. The van der Waals surface area contributed by atoms with E-state index in [1.54, 1.807) is 0 Å². The zero-order valence-corrected chi connectivity index (χ0v) is 7.08. The Bertz CT molecular complexity index is 259. The van der Waals surface area contributed by atoms with E-state index >= 15 is 0 Å². The second-order valence-electron chi connectivity index (χ2n) is 2.55. The lowest BCUT2D eigenvalue weighted by Gasteiger charge is -2.09. The summed E-state index contributed by atoms with van der Waals surface area (Å²) >= 11 is 0. The maximum absolute atomic E-state index is 12.0. The number of benzene rings is 1. The van der Waals surface area contributed by atoms with Crippen molar-refractivity contribution in [2.75, 3.05) is 7.11 Å². The van der Waals surface area contributed by atoms with Crippen LogP contribution in [0.3, 0.4) is 0 Å². The number of aliphatic hydroxyl groups is 1. The lowest BCUT2D eigenvalue weighted by molar-refractivity contribution is -0.00580. The first kappa shape index (κ1) is 9.92. The maximum Gasteiger partial charge on any atom is 0.268 e. The van der Waals surface area contributed by atoms with Gasteiger partial charge in [0.25, 0.3) is 6.43 Å². The highest BCUT2D eigenvalue weighted by Gasteiger charge is 2.18. The van der Waals surface area contributed by atoms with Crippen molar-refractivity contribution in [2.24, 2.45) is 0 Å². The molecule has 0 amide bonds.